The Morgan fingerprint density at radius 3 is 2.37 bits per heavy atom. The summed E-state index contributed by atoms with van der Waals surface area (Å²) in [6.45, 7) is 0.798. The average Bonchev–Trinajstić information content (AvgIpc) is 3.23. The molecule has 3 rings (SSSR count). The molecule has 2 aromatic carbocycles. The van der Waals surface area contributed by atoms with Gasteiger partial charge in [0.25, 0.3) is 0 Å². The molecular weight excluding hydrogens is 426 g/mol. The smallest absolute Gasteiger partial charge is 0.309 e. The molecule has 0 unspecified atom stereocenters. The van der Waals surface area contributed by atoms with Crippen LogP contribution in [0.3, 0.4) is 0 Å². The highest BCUT2D eigenvalue weighted by Gasteiger charge is 2.35. The van der Waals surface area contributed by atoms with Gasteiger partial charge in [-0.25, -0.2) is 8.42 Å². The van der Waals surface area contributed by atoms with Gasteiger partial charge in [0.05, 0.1) is 4.90 Å². The van der Waals surface area contributed by atoms with Crippen molar-refractivity contribution in [3.05, 3.63) is 65.2 Å². The summed E-state index contributed by atoms with van der Waals surface area (Å²) in [6, 6.07) is 15.1. The SMILES string of the molecule is O=C(NCCc1ccc(Cl)cc1)C(=O)NC[C@H]1CCCN1S(=O)(=O)c1ccccc1. The molecule has 0 spiro atoms. The molecule has 1 aliphatic heterocycles. The third-order valence-corrected chi connectivity index (χ3v) is 7.21. The van der Waals surface area contributed by atoms with Crippen molar-refractivity contribution in [1.82, 2.24) is 14.9 Å². The fourth-order valence-electron chi connectivity index (χ4n) is 3.40. The van der Waals surface area contributed by atoms with Gasteiger partial charge in [0.15, 0.2) is 0 Å². The number of hydrogen-bond acceptors (Lipinski definition) is 4. The van der Waals surface area contributed by atoms with Crippen LogP contribution in [0.25, 0.3) is 0 Å². The minimum Gasteiger partial charge on any atom is -0.348 e. The molecule has 2 aromatic rings. The highest BCUT2D eigenvalue weighted by atomic mass is 35.5. The molecule has 0 bridgehead atoms. The van der Waals surface area contributed by atoms with Gasteiger partial charge in [0.2, 0.25) is 10.0 Å². The fraction of sp³-hybridized carbons (Fsp3) is 0.333. The average molecular weight is 450 g/mol. The van der Waals surface area contributed by atoms with E-state index >= 15 is 0 Å². The van der Waals surface area contributed by atoms with E-state index in [0.717, 1.165) is 5.56 Å². The lowest BCUT2D eigenvalue weighted by molar-refractivity contribution is -0.139. The maximum atomic E-state index is 12.8. The number of halogens is 1. The molecule has 7 nitrogen and oxygen atoms in total. The Kier molecular flexibility index (Phi) is 7.47. The second-order valence-corrected chi connectivity index (χ2v) is 9.39. The number of rotatable bonds is 7. The van der Waals surface area contributed by atoms with Crippen molar-refractivity contribution >= 4 is 33.4 Å². The van der Waals surface area contributed by atoms with E-state index in [4.69, 9.17) is 11.6 Å². The molecule has 0 radical (unpaired) electrons. The van der Waals surface area contributed by atoms with Crippen LogP contribution in [0.4, 0.5) is 0 Å². The number of sulfonamides is 1. The van der Waals surface area contributed by atoms with Gasteiger partial charge in [-0.15, -0.1) is 0 Å². The standard InChI is InChI=1S/C21H24ClN3O4S/c22-17-10-8-16(9-11-17)12-13-23-20(26)21(27)24-15-18-5-4-14-25(18)30(28,29)19-6-2-1-3-7-19/h1-3,6-11,18H,4-5,12-15H2,(H,23,26)(H,24,27)/t18-/m1/s1. The second kappa shape index (κ2) is 10.1. The first-order valence-electron chi connectivity index (χ1n) is 9.75. The fourth-order valence-corrected chi connectivity index (χ4v) is 5.24. The number of benzene rings is 2. The molecule has 1 fully saturated rings. The quantitative estimate of drug-likeness (QED) is 0.632. The van der Waals surface area contributed by atoms with E-state index < -0.39 is 21.8 Å². The van der Waals surface area contributed by atoms with Crippen LogP contribution in [0.1, 0.15) is 18.4 Å². The number of nitrogens with zero attached hydrogens (tertiary/aromatic N) is 1. The molecule has 1 heterocycles. The van der Waals surface area contributed by atoms with Gasteiger partial charge in [-0.2, -0.15) is 4.31 Å². The van der Waals surface area contributed by atoms with Crippen LogP contribution in [0.2, 0.25) is 5.02 Å². The monoisotopic (exact) mass is 449 g/mol. The van der Waals surface area contributed by atoms with Crippen LogP contribution in [0.5, 0.6) is 0 Å². The first kappa shape index (κ1) is 22.3. The van der Waals surface area contributed by atoms with Gasteiger partial charge in [-0.1, -0.05) is 41.9 Å². The summed E-state index contributed by atoms with van der Waals surface area (Å²) in [5.74, 6) is -1.51. The van der Waals surface area contributed by atoms with Crippen LogP contribution in [-0.2, 0) is 26.0 Å². The molecule has 0 saturated carbocycles. The first-order valence-corrected chi connectivity index (χ1v) is 11.6. The summed E-state index contributed by atoms with van der Waals surface area (Å²) < 4.78 is 27.1. The maximum Gasteiger partial charge on any atom is 0.309 e. The van der Waals surface area contributed by atoms with Crippen LogP contribution < -0.4 is 10.6 Å². The Morgan fingerprint density at radius 2 is 1.67 bits per heavy atom. The van der Waals surface area contributed by atoms with Crippen molar-refractivity contribution in [3.8, 4) is 0 Å². The number of carbonyl (C=O) groups is 2. The van der Waals surface area contributed by atoms with Gasteiger partial charge >= 0.3 is 11.8 Å². The molecule has 160 valence electrons. The Labute approximate surface area is 181 Å². The van der Waals surface area contributed by atoms with Crippen LogP contribution in [0, 0.1) is 0 Å². The summed E-state index contributed by atoms with van der Waals surface area (Å²) >= 11 is 5.84. The molecule has 2 N–H and O–H groups in total. The molecule has 1 aliphatic rings. The number of amides is 2. The van der Waals surface area contributed by atoms with Gasteiger partial charge in [0, 0.05) is 30.7 Å². The van der Waals surface area contributed by atoms with E-state index in [1.807, 2.05) is 12.1 Å². The van der Waals surface area contributed by atoms with Crippen molar-refractivity contribution in [3.63, 3.8) is 0 Å². The molecule has 2 amide bonds. The molecule has 0 aliphatic carbocycles. The molecule has 1 atom stereocenters. The van der Waals surface area contributed by atoms with Gasteiger partial charge in [-0.3, -0.25) is 9.59 Å². The molecular formula is C21H24ClN3O4S. The summed E-state index contributed by atoms with van der Waals surface area (Å²) in [6.07, 6.45) is 1.91. The number of hydrogen-bond donors (Lipinski definition) is 2. The van der Waals surface area contributed by atoms with Crippen molar-refractivity contribution < 1.29 is 18.0 Å². The van der Waals surface area contributed by atoms with Crippen LogP contribution >= 0.6 is 11.6 Å². The largest absolute Gasteiger partial charge is 0.348 e. The third-order valence-electron chi connectivity index (χ3n) is 4.99. The summed E-state index contributed by atoms with van der Waals surface area (Å²) in [5.41, 5.74) is 0.993. The number of carbonyl (C=O) groups excluding carboxylic acids is 2. The third kappa shape index (κ3) is 5.59. The summed E-state index contributed by atoms with van der Waals surface area (Å²) in [4.78, 5) is 24.3. The minimum absolute atomic E-state index is 0.0928. The van der Waals surface area contributed by atoms with E-state index in [-0.39, 0.29) is 17.5 Å². The lowest BCUT2D eigenvalue weighted by Crippen LogP contribution is -2.47. The van der Waals surface area contributed by atoms with E-state index in [2.05, 4.69) is 10.6 Å². The highest BCUT2D eigenvalue weighted by Crippen LogP contribution is 2.25. The predicted molar refractivity (Wildman–Crippen MR) is 115 cm³/mol. The van der Waals surface area contributed by atoms with Gasteiger partial charge < -0.3 is 10.6 Å². The Balaban J connectivity index is 1.48. The van der Waals surface area contributed by atoms with E-state index in [9.17, 15) is 18.0 Å². The van der Waals surface area contributed by atoms with Crippen molar-refractivity contribution in [2.24, 2.45) is 0 Å². The van der Waals surface area contributed by atoms with E-state index in [1.54, 1.807) is 42.5 Å². The van der Waals surface area contributed by atoms with Crippen molar-refractivity contribution in [1.29, 1.82) is 0 Å². The Hall–Kier alpha value is -2.42. The maximum absolute atomic E-state index is 12.8. The molecule has 1 saturated heterocycles. The topological polar surface area (TPSA) is 95.6 Å². The lowest BCUT2D eigenvalue weighted by Gasteiger charge is -2.24. The van der Waals surface area contributed by atoms with Gasteiger partial charge in [-0.05, 0) is 49.1 Å². The Bertz CT molecular complexity index is 981. The van der Waals surface area contributed by atoms with E-state index in [1.165, 1.54) is 4.31 Å². The zero-order valence-corrected chi connectivity index (χ0v) is 18.0. The summed E-state index contributed by atoms with van der Waals surface area (Å²) in [7, 11) is -3.63. The van der Waals surface area contributed by atoms with E-state index in [0.29, 0.717) is 37.4 Å². The first-order chi connectivity index (χ1) is 14.4. The summed E-state index contributed by atoms with van der Waals surface area (Å²) in [5, 5.41) is 5.77. The molecule has 30 heavy (non-hydrogen) atoms. The zero-order valence-electron chi connectivity index (χ0n) is 16.4. The normalized spacial score (nSPS) is 16.9. The minimum atomic E-state index is -3.63. The zero-order chi connectivity index (χ0) is 21.6. The van der Waals surface area contributed by atoms with Crippen LogP contribution in [-0.4, -0.2) is 50.2 Å². The van der Waals surface area contributed by atoms with Crippen molar-refractivity contribution in [2.75, 3.05) is 19.6 Å². The molecule has 0 aromatic heterocycles. The van der Waals surface area contributed by atoms with Crippen LogP contribution in [0.15, 0.2) is 59.5 Å². The highest BCUT2D eigenvalue weighted by molar-refractivity contribution is 7.89. The van der Waals surface area contributed by atoms with Crippen molar-refractivity contribution in [2.45, 2.75) is 30.2 Å². The predicted octanol–water partition coefficient (Wildman–Crippen LogP) is 1.97. The number of nitrogens with one attached hydrogen (secondary N) is 2. The van der Waals surface area contributed by atoms with Gasteiger partial charge in [0.1, 0.15) is 0 Å². The lowest BCUT2D eigenvalue weighted by atomic mass is 10.1. The Morgan fingerprint density at radius 1 is 1.00 bits per heavy atom. The molecule has 9 heteroatoms. The second-order valence-electron chi connectivity index (χ2n) is 7.07.